The van der Waals surface area contributed by atoms with E-state index in [1.165, 1.54) is 0 Å². The Morgan fingerprint density at radius 2 is 1.36 bits per heavy atom. The molecule has 0 saturated heterocycles. The maximum Gasteiger partial charge on any atom is 0.304 e. The largest absolute Gasteiger partial charge is 0.481 e. The predicted octanol–water partition coefficient (Wildman–Crippen LogP) is 2.30. The van der Waals surface area contributed by atoms with Crippen molar-refractivity contribution in [2.24, 2.45) is 17.4 Å². The molecule has 0 radical (unpaired) electrons. The molecule has 12 nitrogen and oxygen atoms in total. The van der Waals surface area contributed by atoms with Crippen LogP contribution in [-0.2, 0) is 35.2 Å². The second kappa shape index (κ2) is 16.0. The maximum atomic E-state index is 13.3. The molecule has 44 heavy (non-hydrogen) atoms. The molecule has 0 aliphatic heterocycles. The molecule has 0 saturated carbocycles. The van der Waals surface area contributed by atoms with Crippen molar-refractivity contribution in [3.05, 3.63) is 71.6 Å². The number of amides is 4. The van der Waals surface area contributed by atoms with Gasteiger partial charge >= 0.3 is 11.9 Å². The molecule has 13 heteroatoms. The highest BCUT2D eigenvalue weighted by Crippen LogP contribution is 2.33. The summed E-state index contributed by atoms with van der Waals surface area (Å²) in [5, 5.41) is 25.4. The third-order valence-electron chi connectivity index (χ3n) is 6.84. The average Bonchev–Trinajstić information content (AvgIpc) is 3.47. The zero-order valence-corrected chi connectivity index (χ0v) is 24.5. The number of carboxylic acids is 2. The molecule has 0 spiro atoms. The van der Waals surface area contributed by atoms with Crippen LogP contribution in [0.5, 0.6) is 0 Å². The fraction of sp³-hybridized carbons (Fsp3) is 0.290. The van der Waals surface area contributed by atoms with Gasteiger partial charge in [-0.2, -0.15) is 0 Å². The lowest BCUT2D eigenvalue weighted by Gasteiger charge is -2.23. The first-order chi connectivity index (χ1) is 20.9. The van der Waals surface area contributed by atoms with E-state index < -0.39 is 66.4 Å². The Balaban J connectivity index is 1.73. The highest BCUT2D eigenvalue weighted by Gasteiger charge is 2.30. The summed E-state index contributed by atoms with van der Waals surface area (Å²) in [6.07, 6.45) is -1.79. The summed E-state index contributed by atoms with van der Waals surface area (Å²) in [4.78, 5) is 73.0. The number of thiophene rings is 1. The van der Waals surface area contributed by atoms with Gasteiger partial charge in [0.15, 0.2) is 0 Å². The van der Waals surface area contributed by atoms with E-state index in [4.69, 9.17) is 16.6 Å². The number of nitrogens with two attached hydrogens (primary N) is 2. The number of carboxylic acid groups (broad SMARTS) is 2. The molecule has 3 atom stereocenters. The Morgan fingerprint density at radius 3 is 1.95 bits per heavy atom. The molecule has 0 unspecified atom stereocenters. The Hall–Kier alpha value is -5.04. The van der Waals surface area contributed by atoms with Crippen molar-refractivity contribution in [3.8, 4) is 21.6 Å². The molecule has 1 aromatic heterocycles. The van der Waals surface area contributed by atoms with Crippen LogP contribution in [0.1, 0.15) is 37.7 Å². The minimum absolute atomic E-state index is 0.0356. The average molecular weight is 623 g/mol. The van der Waals surface area contributed by atoms with Crippen molar-refractivity contribution in [3.63, 3.8) is 0 Å². The van der Waals surface area contributed by atoms with Gasteiger partial charge in [0.1, 0.15) is 12.1 Å². The number of hydrogen-bond acceptors (Lipinski definition) is 7. The van der Waals surface area contributed by atoms with Gasteiger partial charge in [-0.3, -0.25) is 28.8 Å². The number of benzene rings is 2. The number of rotatable bonds is 17. The molecule has 3 aromatic rings. The first-order valence-electron chi connectivity index (χ1n) is 13.8. The Morgan fingerprint density at radius 1 is 0.727 bits per heavy atom. The van der Waals surface area contributed by atoms with Gasteiger partial charge in [0.2, 0.25) is 23.6 Å². The van der Waals surface area contributed by atoms with Crippen LogP contribution < -0.4 is 22.1 Å². The summed E-state index contributed by atoms with van der Waals surface area (Å²) in [6.45, 7) is 0. The van der Waals surface area contributed by atoms with Gasteiger partial charge in [-0.1, -0.05) is 54.6 Å². The lowest BCUT2D eigenvalue weighted by molar-refractivity contribution is -0.141. The van der Waals surface area contributed by atoms with Gasteiger partial charge in [-0.15, -0.1) is 11.3 Å². The number of hydrogen-bond donors (Lipinski definition) is 6. The van der Waals surface area contributed by atoms with Gasteiger partial charge in [-0.25, -0.2) is 0 Å². The fourth-order valence-electron chi connectivity index (χ4n) is 4.50. The minimum atomic E-state index is -1.41. The van der Waals surface area contributed by atoms with E-state index in [0.717, 1.165) is 21.6 Å². The van der Waals surface area contributed by atoms with Gasteiger partial charge in [0.25, 0.3) is 0 Å². The Labute approximate surface area is 257 Å². The fourth-order valence-corrected chi connectivity index (χ4v) is 5.42. The van der Waals surface area contributed by atoms with Gasteiger partial charge in [-0.05, 0) is 53.0 Å². The number of nitrogens with one attached hydrogen (secondary N) is 2. The van der Waals surface area contributed by atoms with Crippen LogP contribution >= 0.6 is 11.3 Å². The number of aliphatic carboxylic acids is 2. The maximum absolute atomic E-state index is 13.3. The summed E-state index contributed by atoms with van der Waals surface area (Å²) < 4.78 is 0. The SMILES string of the molecule is NC(=O)CC[C@H](NC(=O)[C@H](CCC(=O)O)NC(=O)[C@@H](CC(=O)O)Cc1ccc(-c2cc(-c3ccccc3)cs2)cc1)C(N)=O. The summed E-state index contributed by atoms with van der Waals surface area (Å²) in [5.74, 6) is -6.92. The smallest absolute Gasteiger partial charge is 0.304 e. The zero-order chi connectivity index (χ0) is 32.2. The predicted molar refractivity (Wildman–Crippen MR) is 163 cm³/mol. The third kappa shape index (κ3) is 10.3. The van der Waals surface area contributed by atoms with E-state index >= 15 is 0 Å². The molecule has 8 N–H and O–H groups in total. The van der Waals surface area contributed by atoms with E-state index in [-0.39, 0.29) is 25.7 Å². The van der Waals surface area contributed by atoms with E-state index in [9.17, 15) is 33.9 Å². The summed E-state index contributed by atoms with van der Waals surface area (Å²) in [5.41, 5.74) is 14.2. The molecule has 4 amide bonds. The van der Waals surface area contributed by atoms with Crippen molar-refractivity contribution >= 4 is 46.9 Å². The molecule has 0 aliphatic rings. The van der Waals surface area contributed by atoms with Crippen LogP contribution in [-0.4, -0.2) is 57.9 Å². The van der Waals surface area contributed by atoms with Crippen LogP contribution in [0.15, 0.2) is 66.0 Å². The van der Waals surface area contributed by atoms with E-state index in [2.05, 4.69) is 22.1 Å². The minimum Gasteiger partial charge on any atom is -0.481 e. The van der Waals surface area contributed by atoms with Crippen LogP contribution in [0.3, 0.4) is 0 Å². The highest BCUT2D eigenvalue weighted by atomic mass is 32.1. The van der Waals surface area contributed by atoms with Crippen LogP contribution in [0.4, 0.5) is 0 Å². The zero-order valence-electron chi connectivity index (χ0n) is 23.7. The molecular formula is C31H34N4O8S. The second-order valence-electron chi connectivity index (χ2n) is 10.2. The van der Waals surface area contributed by atoms with Crippen molar-refractivity contribution in [1.82, 2.24) is 10.6 Å². The van der Waals surface area contributed by atoms with Crippen molar-refractivity contribution in [2.45, 2.75) is 50.6 Å². The van der Waals surface area contributed by atoms with Crippen molar-refractivity contribution < 1.29 is 39.0 Å². The molecule has 232 valence electrons. The summed E-state index contributed by atoms with van der Waals surface area (Å²) in [6, 6.07) is 16.7. The van der Waals surface area contributed by atoms with E-state index in [1.807, 2.05) is 42.5 Å². The normalized spacial score (nSPS) is 12.8. The second-order valence-corrected chi connectivity index (χ2v) is 11.1. The van der Waals surface area contributed by atoms with Gasteiger partial charge in [0, 0.05) is 17.7 Å². The first kappa shape index (κ1) is 33.5. The van der Waals surface area contributed by atoms with E-state index in [0.29, 0.717) is 5.56 Å². The van der Waals surface area contributed by atoms with Gasteiger partial charge < -0.3 is 32.3 Å². The highest BCUT2D eigenvalue weighted by molar-refractivity contribution is 7.14. The number of carbonyl (C=O) groups is 6. The molecule has 0 aliphatic carbocycles. The van der Waals surface area contributed by atoms with Crippen LogP contribution in [0, 0.1) is 5.92 Å². The standard InChI is InChI=1S/C31H34N4O8S/c32-26(36)12-10-23(29(33)41)34-31(43)24(11-13-27(37)38)35-30(42)21(16-28(39)40)14-18-6-8-20(9-7-18)25-15-22(17-44-25)19-4-2-1-3-5-19/h1-9,15,17,21,23-24H,10-14,16H2,(H2,32,36)(H2,33,41)(H,34,43)(H,35,42)(H,37,38)(H,39,40)/t21-,23+,24+/m1/s1. The molecule has 2 aromatic carbocycles. The summed E-state index contributed by atoms with van der Waals surface area (Å²) in [7, 11) is 0. The lowest BCUT2D eigenvalue weighted by atomic mass is 9.94. The molecule has 0 fully saturated rings. The van der Waals surface area contributed by atoms with Crippen molar-refractivity contribution in [1.29, 1.82) is 0 Å². The lowest BCUT2D eigenvalue weighted by Crippen LogP contribution is -2.54. The Kier molecular flexibility index (Phi) is 12.2. The van der Waals surface area contributed by atoms with E-state index in [1.54, 1.807) is 23.5 Å². The van der Waals surface area contributed by atoms with Crippen LogP contribution in [0.25, 0.3) is 21.6 Å². The topological polar surface area (TPSA) is 219 Å². The number of primary amides is 2. The molecular weight excluding hydrogens is 588 g/mol. The third-order valence-corrected chi connectivity index (χ3v) is 7.82. The summed E-state index contributed by atoms with van der Waals surface area (Å²) >= 11 is 1.58. The van der Waals surface area contributed by atoms with Gasteiger partial charge in [0.05, 0.1) is 12.3 Å². The van der Waals surface area contributed by atoms with Crippen molar-refractivity contribution in [2.75, 3.05) is 0 Å². The quantitative estimate of drug-likeness (QED) is 0.131. The number of carbonyl (C=O) groups excluding carboxylic acids is 4. The Bertz CT molecular complexity index is 1490. The monoisotopic (exact) mass is 622 g/mol. The van der Waals surface area contributed by atoms with Crippen LogP contribution in [0.2, 0.25) is 0 Å². The molecule has 3 rings (SSSR count). The molecule has 1 heterocycles. The molecule has 0 bridgehead atoms. The first-order valence-corrected chi connectivity index (χ1v) is 14.7.